The molecule has 9 heteroatoms. The zero-order valence-electron chi connectivity index (χ0n) is 20.0. The highest BCUT2D eigenvalue weighted by Gasteiger charge is 2.29. The first-order valence-corrected chi connectivity index (χ1v) is 12.8. The number of carbonyl (C=O) groups excluding carboxylic acids is 1. The van der Waals surface area contributed by atoms with E-state index in [0.29, 0.717) is 10.9 Å². The van der Waals surface area contributed by atoms with E-state index in [4.69, 9.17) is 16.3 Å². The van der Waals surface area contributed by atoms with Crippen LogP contribution in [-0.4, -0.2) is 34.2 Å². The number of ether oxygens (including phenoxy) is 1. The lowest BCUT2D eigenvalue weighted by Gasteiger charge is -2.25. The number of rotatable bonds is 9. The molecule has 0 heterocycles. The van der Waals surface area contributed by atoms with Crippen LogP contribution in [0.25, 0.3) is 0 Å². The molecule has 0 aliphatic heterocycles. The largest absolute Gasteiger partial charge is 0.495 e. The van der Waals surface area contributed by atoms with E-state index >= 15 is 0 Å². The summed E-state index contributed by atoms with van der Waals surface area (Å²) >= 11 is 6.15. The minimum absolute atomic E-state index is 0.0340. The zero-order valence-corrected chi connectivity index (χ0v) is 21.6. The second-order valence-electron chi connectivity index (χ2n) is 8.26. The topological polar surface area (TPSA) is 88.1 Å². The highest BCUT2D eigenvalue weighted by molar-refractivity contribution is 7.92. The van der Waals surface area contributed by atoms with E-state index in [1.54, 1.807) is 24.3 Å². The molecule has 0 unspecified atom stereocenters. The summed E-state index contributed by atoms with van der Waals surface area (Å²) in [6.45, 7) is 5.54. The van der Waals surface area contributed by atoms with E-state index in [1.165, 1.54) is 37.1 Å². The smallest absolute Gasteiger partial charge is 0.264 e. The van der Waals surface area contributed by atoms with Gasteiger partial charge in [0.05, 0.1) is 23.9 Å². The van der Waals surface area contributed by atoms with Gasteiger partial charge in [0.2, 0.25) is 0 Å². The summed E-state index contributed by atoms with van der Waals surface area (Å²) in [6, 6.07) is 18.7. The van der Waals surface area contributed by atoms with Crippen LogP contribution in [0.5, 0.6) is 5.75 Å². The second-order valence-corrected chi connectivity index (χ2v) is 10.6. The number of hydrogen-bond acceptors (Lipinski definition) is 5. The fourth-order valence-corrected chi connectivity index (χ4v) is 4.90. The van der Waals surface area contributed by atoms with Crippen molar-refractivity contribution in [3.8, 4) is 5.75 Å². The Morgan fingerprint density at radius 2 is 1.74 bits per heavy atom. The van der Waals surface area contributed by atoms with Crippen molar-refractivity contribution in [2.45, 2.75) is 31.6 Å². The van der Waals surface area contributed by atoms with E-state index in [-0.39, 0.29) is 16.3 Å². The van der Waals surface area contributed by atoms with Crippen LogP contribution in [0.1, 0.15) is 36.5 Å². The van der Waals surface area contributed by atoms with Crippen LogP contribution < -0.4 is 14.5 Å². The molecule has 0 aliphatic rings. The quantitative estimate of drug-likeness (QED) is 0.317. The van der Waals surface area contributed by atoms with E-state index in [2.05, 4.69) is 24.4 Å². The van der Waals surface area contributed by atoms with Crippen molar-refractivity contribution in [3.05, 3.63) is 88.4 Å². The first-order chi connectivity index (χ1) is 16.6. The average Bonchev–Trinajstić information content (AvgIpc) is 2.83. The number of methoxy groups -OCH3 is 1. The fourth-order valence-electron chi connectivity index (χ4n) is 3.31. The van der Waals surface area contributed by atoms with Gasteiger partial charge in [-0.3, -0.25) is 9.10 Å². The summed E-state index contributed by atoms with van der Waals surface area (Å²) < 4.78 is 33.4. The molecular formula is C26H28ClN3O4S. The van der Waals surface area contributed by atoms with E-state index < -0.39 is 22.5 Å². The Balaban J connectivity index is 1.87. The molecule has 3 rings (SSSR count). The molecule has 0 radical (unpaired) electrons. The first-order valence-electron chi connectivity index (χ1n) is 11.0. The maximum absolute atomic E-state index is 13.6. The lowest BCUT2D eigenvalue weighted by molar-refractivity contribution is -0.119. The Labute approximate surface area is 211 Å². The highest BCUT2D eigenvalue weighted by atomic mass is 35.5. The summed E-state index contributed by atoms with van der Waals surface area (Å²) in [7, 11) is -2.71. The van der Waals surface area contributed by atoms with Crippen LogP contribution in [-0.2, 0) is 14.8 Å². The van der Waals surface area contributed by atoms with Gasteiger partial charge in [-0.2, -0.15) is 5.10 Å². The Hall–Kier alpha value is -3.36. The third-order valence-electron chi connectivity index (χ3n) is 5.31. The monoisotopic (exact) mass is 513 g/mol. The number of anilines is 1. The summed E-state index contributed by atoms with van der Waals surface area (Å²) in [5, 5.41) is 4.29. The fraction of sp³-hybridized carbons (Fsp3) is 0.231. The summed E-state index contributed by atoms with van der Waals surface area (Å²) in [5.74, 6) is 0.0371. The van der Waals surface area contributed by atoms with Crippen molar-refractivity contribution in [2.24, 2.45) is 5.10 Å². The average molecular weight is 514 g/mol. The van der Waals surface area contributed by atoms with Crippen molar-refractivity contribution in [3.63, 3.8) is 0 Å². The number of hydrogen-bond donors (Lipinski definition) is 1. The number of aryl methyl sites for hydroxylation is 1. The number of amides is 1. The van der Waals surface area contributed by atoms with Crippen LogP contribution in [0.4, 0.5) is 5.69 Å². The molecular weight excluding hydrogens is 486 g/mol. The maximum atomic E-state index is 13.6. The Kier molecular flexibility index (Phi) is 8.53. The lowest BCUT2D eigenvalue weighted by atomic mass is 10.0. The van der Waals surface area contributed by atoms with Crippen LogP contribution in [0, 0.1) is 6.92 Å². The normalized spacial score (nSPS) is 11.6. The molecule has 7 nitrogen and oxygen atoms in total. The summed E-state index contributed by atoms with van der Waals surface area (Å²) in [5.41, 5.74) is 5.45. The molecule has 1 amide bonds. The molecule has 0 fully saturated rings. The number of carbonyl (C=O) groups is 1. The second kappa shape index (κ2) is 11.4. The zero-order chi connectivity index (χ0) is 25.6. The van der Waals surface area contributed by atoms with Gasteiger partial charge in [0.1, 0.15) is 12.3 Å². The highest BCUT2D eigenvalue weighted by Crippen LogP contribution is 2.34. The molecule has 3 aromatic carbocycles. The van der Waals surface area contributed by atoms with Crippen LogP contribution in [0.15, 0.2) is 76.7 Å². The summed E-state index contributed by atoms with van der Waals surface area (Å²) in [4.78, 5) is 12.8. The van der Waals surface area contributed by atoms with Crippen molar-refractivity contribution < 1.29 is 17.9 Å². The number of benzene rings is 3. The van der Waals surface area contributed by atoms with Crippen molar-refractivity contribution in [2.75, 3.05) is 18.0 Å². The molecule has 0 atom stereocenters. The third-order valence-corrected chi connectivity index (χ3v) is 7.32. The molecule has 184 valence electrons. The molecule has 0 saturated carbocycles. The van der Waals surface area contributed by atoms with E-state index in [1.807, 2.05) is 31.2 Å². The third kappa shape index (κ3) is 6.61. The molecule has 0 saturated heterocycles. The van der Waals surface area contributed by atoms with Gasteiger partial charge >= 0.3 is 0 Å². The Morgan fingerprint density at radius 3 is 2.34 bits per heavy atom. The molecule has 3 aromatic rings. The molecule has 0 spiro atoms. The maximum Gasteiger partial charge on any atom is 0.264 e. The van der Waals surface area contributed by atoms with Crippen LogP contribution in [0.3, 0.4) is 0 Å². The molecule has 0 bridgehead atoms. The number of nitrogens with zero attached hydrogens (tertiary/aromatic N) is 2. The lowest BCUT2D eigenvalue weighted by Crippen LogP contribution is -2.39. The van der Waals surface area contributed by atoms with Gasteiger partial charge in [0.25, 0.3) is 15.9 Å². The minimum atomic E-state index is -4.12. The first kappa shape index (κ1) is 26.2. The van der Waals surface area contributed by atoms with Gasteiger partial charge in [-0.15, -0.1) is 0 Å². The van der Waals surface area contributed by atoms with Crippen molar-refractivity contribution in [1.82, 2.24) is 5.43 Å². The number of nitrogens with one attached hydrogen (secondary N) is 1. The van der Waals surface area contributed by atoms with Gasteiger partial charge < -0.3 is 4.74 Å². The van der Waals surface area contributed by atoms with Gasteiger partial charge in [0, 0.05) is 5.02 Å². The predicted molar refractivity (Wildman–Crippen MR) is 140 cm³/mol. The predicted octanol–water partition coefficient (Wildman–Crippen LogP) is 5.13. The van der Waals surface area contributed by atoms with Gasteiger partial charge in [-0.1, -0.05) is 67.4 Å². The van der Waals surface area contributed by atoms with Gasteiger partial charge in [0.15, 0.2) is 0 Å². The van der Waals surface area contributed by atoms with Crippen LogP contribution in [0.2, 0.25) is 5.02 Å². The van der Waals surface area contributed by atoms with E-state index in [9.17, 15) is 13.2 Å². The SMILES string of the molecule is COc1ccc(Cl)cc1N(CC(=O)N/N=C\c1ccc(C(C)C)cc1)S(=O)(=O)c1ccc(C)cc1. The van der Waals surface area contributed by atoms with Crippen molar-refractivity contribution >= 4 is 39.4 Å². The standard InChI is InChI=1S/C26H28ClN3O4S/c1-18(2)21-9-7-20(8-10-21)16-28-29-26(31)17-30(24-15-22(27)11-14-25(24)34-4)35(32,33)23-12-5-19(3)6-13-23/h5-16,18H,17H2,1-4H3,(H,29,31)/b28-16-. The molecule has 35 heavy (non-hydrogen) atoms. The van der Waals surface area contributed by atoms with Crippen LogP contribution >= 0.6 is 11.6 Å². The van der Waals surface area contributed by atoms with Crippen molar-refractivity contribution in [1.29, 1.82) is 0 Å². The number of halogens is 1. The van der Waals surface area contributed by atoms with E-state index in [0.717, 1.165) is 15.4 Å². The Morgan fingerprint density at radius 1 is 1.09 bits per heavy atom. The van der Waals surface area contributed by atoms with Gasteiger partial charge in [-0.25, -0.2) is 13.8 Å². The molecule has 0 aliphatic carbocycles. The minimum Gasteiger partial charge on any atom is -0.495 e. The molecule has 1 N–H and O–H groups in total. The number of sulfonamides is 1. The summed E-state index contributed by atoms with van der Waals surface area (Å²) in [6.07, 6.45) is 1.50. The van der Waals surface area contributed by atoms with Gasteiger partial charge in [-0.05, 0) is 54.3 Å². The molecule has 0 aromatic heterocycles. The number of hydrazone groups is 1. The Bertz CT molecular complexity index is 1310.